The lowest BCUT2D eigenvalue weighted by Gasteiger charge is -2.17. The van der Waals surface area contributed by atoms with Crippen molar-refractivity contribution in [2.45, 2.75) is 12.5 Å². The molecule has 0 aliphatic carbocycles. The van der Waals surface area contributed by atoms with Crippen molar-refractivity contribution < 1.29 is 8.78 Å². The number of nitrogens with zero attached hydrogens (tertiary/aromatic N) is 1. The SMILES string of the molecule is CNC(Cc1ccc(F)c(F)c1)c1ncc(Br)cc1Br. The van der Waals surface area contributed by atoms with Crippen LogP contribution in [0.15, 0.2) is 39.4 Å². The molecular formula is C14H12Br2F2N2. The molecule has 1 aromatic carbocycles. The smallest absolute Gasteiger partial charge is 0.159 e. The summed E-state index contributed by atoms with van der Waals surface area (Å²) in [7, 11) is 1.81. The number of aromatic nitrogens is 1. The van der Waals surface area contributed by atoms with Crippen molar-refractivity contribution in [3.8, 4) is 0 Å². The normalized spacial score (nSPS) is 12.4. The second kappa shape index (κ2) is 6.74. The third-order valence-electron chi connectivity index (χ3n) is 2.94. The Labute approximate surface area is 132 Å². The average molecular weight is 406 g/mol. The Morgan fingerprint density at radius 2 is 1.95 bits per heavy atom. The van der Waals surface area contributed by atoms with E-state index in [4.69, 9.17) is 0 Å². The first-order chi connectivity index (χ1) is 9.51. The highest BCUT2D eigenvalue weighted by Gasteiger charge is 2.16. The molecule has 0 amide bonds. The Morgan fingerprint density at radius 3 is 2.55 bits per heavy atom. The molecule has 1 aromatic heterocycles. The van der Waals surface area contributed by atoms with E-state index in [-0.39, 0.29) is 6.04 Å². The van der Waals surface area contributed by atoms with Crippen molar-refractivity contribution >= 4 is 31.9 Å². The second-order valence-corrected chi connectivity index (χ2v) is 6.08. The lowest BCUT2D eigenvalue weighted by Crippen LogP contribution is -2.20. The summed E-state index contributed by atoms with van der Waals surface area (Å²) < 4.78 is 27.9. The van der Waals surface area contributed by atoms with Gasteiger partial charge in [-0.05, 0) is 69.1 Å². The molecule has 20 heavy (non-hydrogen) atoms. The van der Waals surface area contributed by atoms with Crippen LogP contribution in [-0.4, -0.2) is 12.0 Å². The first-order valence-electron chi connectivity index (χ1n) is 5.93. The van der Waals surface area contributed by atoms with Gasteiger partial charge in [0.1, 0.15) is 0 Å². The number of likely N-dealkylation sites (N-methyl/N-ethyl adjacent to an activating group) is 1. The van der Waals surface area contributed by atoms with Gasteiger partial charge >= 0.3 is 0 Å². The summed E-state index contributed by atoms with van der Waals surface area (Å²) in [4.78, 5) is 4.36. The maximum atomic E-state index is 13.2. The first-order valence-corrected chi connectivity index (χ1v) is 7.52. The maximum absolute atomic E-state index is 13.2. The second-order valence-electron chi connectivity index (χ2n) is 4.31. The van der Waals surface area contributed by atoms with E-state index in [0.717, 1.165) is 20.7 Å². The average Bonchev–Trinajstić information content (AvgIpc) is 2.41. The number of halogens is 4. The minimum Gasteiger partial charge on any atom is -0.311 e. The summed E-state index contributed by atoms with van der Waals surface area (Å²) in [6.07, 6.45) is 2.22. The van der Waals surface area contributed by atoms with Crippen molar-refractivity contribution in [2.75, 3.05) is 7.05 Å². The first kappa shape index (κ1) is 15.5. The van der Waals surface area contributed by atoms with E-state index < -0.39 is 11.6 Å². The molecule has 0 aliphatic rings. The largest absolute Gasteiger partial charge is 0.311 e. The van der Waals surface area contributed by atoms with Gasteiger partial charge in [-0.25, -0.2) is 8.78 Å². The van der Waals surface area contributed by atoms with Crippen molar-refractivity contribution in [2.24, 2.45) is 0 Å². The van der Waals surface area contributed by atoms with E-state index in [1.54, 1.807) is 19.3 Å². The minimum atomic E-state index is -0.835. The summed E-state index contributed by atoms with van der Waals surface area (Å²) in [5.74, 6) is -1.67. The van der Waals surface area contributed by atoms with E-state index in [0.29, 0.717) is 12.0 Å². The van der Waals surface area contributed by atoms with Crippen molar-refractivity contribution in [3.05, 3.63) is 62.3 Å². The van der Waals surface area contributed by atoms with Gasteiger partial charge in [0.15, 0.2) is 11.6 Å². The van der Waals surface area contributed by atoms with Crippen LogP contribution < -0.4 is 5.32 Å². The standard InChI is InChI=1S/C14H12Br2F2N2/c1-19-13(14-10(16)6-9(15)7-20-14)5-8-2-3-11(17)12(18)4-8/h2-4,6-7,13,19H,5H2,1H3. The van der Waals surface area contributed by atoms with Crippen LogP contribution in [-0.2, 0) is 6.42 Å². The Balaban J connectivity index is 2.26. The Hall–Kier alpha value is -0.850. The van der Waals surface area contributed by atoms with Gasteiger partial charge in [0, 0.05) is 15.1 Å². The molecule has 0 radical (unpaired) electrons. The minimum absolute atomic E-state index is 0.0951. The molecule has 1 unspecified atom stereocenters. The molecule has 0 fully saturated rings. The van der Waals surface area contributed by atoms with Crippen LogP contribution in [0.4, 0.5) is 8.78 Å². The van der Waals surface area contributed by atoms with Gasteiger partial charge < -0.3 is 5.32 Å². The van der Waals surface area contributed by atoms with Gasteiger partial charge in [0.2, 0.25) is 0 Å². The van der Waals surface area contributed by atoms with Crippen LogP contribution in [0.1, 0.15) is 17.3 Å². The molecule has 2 rings (SSSR count). The molecule has 0 saturated carbocycles. The molecule has 2 nitrogen and oxygen atoms in total. The van der Waals surface area contributed by atoms with Crippen LogP contribution in [0, 0.1) is 11.6 Å². The highest BCUT2D eigenvalue weighted by atomic mass is 79.9. The van der Waals surface area contributed by atoms with Crippen LogP contribution in [0.5, 0.6) is 0 Å². The third-order valence-corrected chi connectivity index (χ3v) is 4.01. The predicted molar refractivity (Wildman–Crippen MR) is 81.5 cm³/mol. The van der Waals surface area contributed by atoms with Crippen LogP contribution >= 0.6 is 31.9 Å². The molecule has 0 aliphatic heterocycles. The number of nitrogens with one attached hydrogen (secondary N) is 1. The van der Waals surface area contributed by atoms with Crippen LogP contribution in [0.2, 0.25) is 0 Å². The topological polar surface area (TPSA) is 24.9 Å². The van der Waals surface area contributed by atoms with Gasteiger partial charge in [0.05, 0.1) is 11.7 Å². The lowest BCUT2D eigenvalue weighted by molar-refractivity contribution is 0.504. The van der Waals surface area contributed by atoms with Gasteiger partial charge in [-0.15, -0.1) is 0 Å². The predicted octanol–water partition coefficient (Wildman–Crippen LogP) is 4.39. The number of hydrogen-bond donors (Lipinski definition) is 1. The Morgan fingerprint density at radius 1 is 1.20 bits per heavy atom. The van der Waals surface area contributed by atoms with Crippen LogP contribution in [0.25, 0.3) is 0 Å². The number of benzene rings is 1. The van der Waals surface area contributed by atoms with E-state index >= 15 is 0 Å². The Kier molecular flexibility index (Phi) is 5.23. The zero-order valence-electron chi connectivity index (χ0n) is 10.6. The quantitative estimate of drug-likeness (QED) is 0.815. The monoisotopic (exact) mass is 404 g/mol. The molecule has 0 saturated heterocycles. The molecule has 2 aromatic rings. The molecule has 1 atom stereocenters. The lowest BCUT2D eigenvalue weighted by atomic mass is 10.0. The highest BCUT2D eigenvalue weighted by molar-refractivity contribution is 9.11. The van der Waals surface area contributed by atoms with E-state index in [1.807, 2.05) is 6.07 Å². The van der Waals surface area contributed by atoms with Crippen molar-refractivity contribution in [1.29, 1.82) is 0 Å². The number of rotatable bonds is 4. The third kappa shape index (κ3) is 3.62. The summed E-state index contributed by atoms with van der Waals surface area (Å²) >= 11 is 6.81. The van der Waals surface area contributed by atoms with Crippen molar-refractivity contribution in [3.63, 3.8) is 0 Å². The molecule has 6 heteroatoms. The van der Waals surface area contributed by atoms with E-state index in [1.165, 1.54) is 6.07 Å². The van der Waals surface area contributed by atoms with Crippen molar-refractivity contribution in [1.82, 2.24) is 10.3 Å². The fourth-order valence-electron chi connectivity index (χ4n) is 1.92. The summed E-state index contributed by atoms with van der Waals surface area (Å²) in [5.41, 5.74) is 1.53. The number of hydrogen-bond acceptors (Lipinski definition) is 2. The van der Waals surface area contributed by atoms with Gasteiger partial charge in [-0.2, -0.15) is 0 Å². The van der Waals surface area contributed by atoms with Gasteiger partial charge in [-0.3, -0.25) is 4.98 Å². The molecule has 1 heterocycles. The molecule has 0 bridgehead atoms. The van der Waals surface area contributed by atoms with Gasteiger partial charge in [-0.1, -0.05) is 6.07 Å². The fraction of sp³-hybridized carbons (Fsp3) is 0.214. The van der Waals surface area contributed by atoms with E-state index in [2.05, 4.69) is 42.2 Å². The summed E-state index contributed by atoms with van der Waals surface area (Å²) in [6, 6.07) is 5.74. The van der Waals surface area contributed by atoms with E-state index in [9.17, 15) is 8.78 Å². The summed E-state index contributed by atoms with van der Waals surface area (Å²) in [6.45, 7) is 0. The maximum Gasteiger partial charge on any atom is 0.159 e. The van der Waals surface area contributed by atoms with Crippen LogP contribution in [0.3, 0.4) is 0 Å². The molecular weight excluding hydrogens is 394 g/mol. The molecule has 1 N–H and O–H groups in total. The fourth-order valence-corrected chi connectivity index (χ4v) is 3.18. The zero-order chi connectivity index (χ0) is 14.7. The highest BCUT2D eigenvalue weighted by Crippen LogP contribution is 2.27. The van der Waals surface area contributed by atoms with Gasteiger partial charge in [0.25, 0.3) is 0 Å². The molecule has 106 valence electrons. The zero-order valence-corrected chi connectivity index (χ0v) is 13.8. The number of pyridine rings is 1. The summed E-state index contributed by atoms with van der Waals surface area (Å²) in [5, 5.41) is 3.14. The Bertz CT molecular complexity index is 620. The molecule has 0 spiro atoms.